The molecule has 0 spiro atoms. The van der Waals surface area contributed by atoms with Crippen molar-refractivity contribution in [3.8, 4) is 0 Å². The van der Waals surface area contributed by atoms with Crippen LogP contribution in [0.25, 0.3) is 21.9 Å². The quantitative estimate of drug-likeness (QED) is 0.484. The number of piperidine rings is 1. The van der Waals surface area contributed by atoms with E-state index in [9.17, 15) is 9.59 Å². The largest absolute Gasteiger partial charge is 0.332 e. The molecule has 2 aromatic carbocycles. The van der Waals surface area contributed by atoms with Crippen molar-refractivity contribution in [3.63, 3.8) is 0 Å². The number of imidazole rings is 1. The number of hydrogen-bond acceptors (Lipinski definition) is 4. The van der Waals surface area contributed by atoms with E-state index in [0.717, 1.165) is 29.9 Å². The molecule has 0 radical (unpaired) electrons. The lowest BCUT2D eigenvalue weighted by molar-refractivity contribution is 0.130. The predicted molar refractivity (Wildman–Crippen MR) is 131 cm³/mol. The summed E-state index contributed by atoms with van der Waals surface area (Å²) < 4.78 is 4.70. The average Bonchev–Trinajstić information content (AvgIpc) is 3.13. The van der Waals surface area contributed by atoms with E-state index < -0.39 is 0 Å². The highest BCUT2D eigenvalue weighted by molar-refractivity contribution is 5.85. The van der Waals surface area contributed by atoms with Crippen molar-refractivity contribution in [2.45, 2.75) is 33.4 Å². The van der Waals surface area contributed by atoms with E-state index in [1.165, 1.54) is 28.0 Å². The van der Waals surface area contributed by atoms with Crippen molar-refractivity contribution in [2.75, 3.05) is 13.1 Å². The highest BCUT2D eigenvalue weighted by atomic mass is 16.2. The molecule has 0 saturated carbocycles. The van der Waals surface area contributed by atoms with Crippen LogP contribution in [0.3, 0.4) is 0 Å². The van der Waals surface area contributed by atoms with E-state index in [1.807, 2.05) is 16.7 Å². The third-order valence-corrected chi connectivity index (χ3v) is 6.94. The second kappa shape index (κ2) is 8.30. The van der Waals surface area contributed by atoms with Gasteiger partial charge in [-0.2, -0.15) is 0 Å². The molecule has 2 atom stereocenters. The molecule has 0 unspecified atom stereocenters. The number of fused-ring (bicyclic) bond motifs is 2. The van der Waals surface area contributed by atoms with E-state index in [4.69, 9.17) is 4.98 Å². The molecule has 7 nitrogen and oxygen atoms in total. The van der Waals surface area contributed by atoms with Gasteiger partial charge in [0.1, 0.15) is 5.82 Å². The fourth-order valence-electron chi connectivity index (χ4n) is 5.50. The molecule has 0 amide bonds. The highest BCUT2D eigenvalue weighted by Crippen LogP contribution is 2.25. The van der Waals surface area contributed by atoms with E-state index in [0.29, 0.717) is 36.1 Å². The Morgan fingerprint density at radius 2 is 1.61 bits per heavy atom. The number of likely N-dealkylation sites (tertiary alicyclic amines) is 1. The molecule has 33 heavy (non-hydrogen) atoms. The van der Waals surface area contributed by atoms with Gasteiger partial charge in [0.25, 0.3) is 5.56 Å². The van der Waals surface area contributed by atoms with Crippen molar-refractivity contribution < 1.29 is 0 Å². The zero-order valence-electron chi connectivity index (χ0n) is 19.8. The second-order valence-electron chi connectivity index (χ2n) is 9.77. The van der Waals surface area contributed by atoms with E-state index >= 15 is 0 Å². The Morgan fingerprint density at radius 1 is 0.909 bits per heavy atom. The van der Waals surface area contributed by atoms with Crippen LogP contribution in [-0.4, -0.2) is 36.7 Å². The van der Waals surface area contributed by atoms with Crippen LogP contribution in [0.4, 0.5) is 0 Å². The van der Waals surface area contributed by atoms with Gasteiger partial charge in [0, 0.05) is 27.2 Å². The molecule has 4 aromatic rings. The third kappa shape index (κ3) is 3.80. The minimum atomic E-state index is -0.353. The maximum Gasteiger partial charge on any atom is 0.332 e. The van der Waals surface area contributed by atoms with E-state index in [-0.39, 0.29) is 11.2 Å². The standard InChI is InChI=1S/C26H31N5O2/c1-17-12-18(2)14-30(13-17)16-22-27-24-23(25(32)29(4)26(33)28(24)3)31(22)15-20-10-7-9-19-8-5-6-11-21(19)20/h5-11,17-18H,12-16H2,1-4H3/t17-,18-/m0/s1. The van der Waals surface area contributed by atoms with Gasteiger partial charge in [-0.15, -0.1) is 0 Å². The molecule has 3 heterocycles. The summed E-state index contributed by atoms with van der Waals surface area (Å²) in [5.41, 5.74) is 1.42. The maximum absolute atomic E-state index is 13.3. The average molecular weight is 446 g/mol. The third-order valence-electron chi connectivity index (χ3n) is 6.94. The normalized spacial score (nSPS) is 19.5. The van der Waals surface area contributed by atoms with Crippen LogP contribution in [0.15, 0.2) is 52.1 Å². The van der Waals surface area contributed by atoms with E-state index in [1.54, 1.807) is 7.05 Å². The summed E-state index contributed by atoms with van der Waals surface area (Å²) in [7, 11) is 3.22. The fraction of sp³-hybridized carbons (Fsp3) is 0.423. The molecule has 0 aliphatic carbocycles. The van der Waals surface area contributed by atoms with E-state index in [2.05, 4.69) is 49.1 Å². The molecule has 5 rings (SSSR count). The van der Waals surface area contributed by atoms with Gasteiger partial charge >= 0.3 is 5.69 Å². The van der Waals surface area contributed by atoms with Crippen LogP contribution in [0.1, 0.15) is 31.7 Å². The Bertz CT molecular complexity index is 1450. The zero-order chi connectivity index (χ0) is 23.3. The van der Waals surface area contributed by atoms with Gasteiger partial charge in [-0.25, -0.2) is 9.78 Å². The first kappa shape index (κ1) is 21.6. The maximum atomic E-state index is 13.3. The summed E-state index contributed by atoms with van der Waals surface area (Å²) in [4.78, 5) is 33.2. The zero-order valence-corrected chi connectivity index (χ0v) is 19.8. The smallest absolute Gasteiger partial charge is 0.317 e. The molecule has 1 aliphatic heterocycles. The second-order valence-corrected chi connectivity index (χ2v) is 9.77. The van der Waals surface area contributed by atoms with Crippen LogP contribution >= 0.6 is 0 Å². The first-order chi connectivity index (χ1) is 15.8. The lowest BCUT2D eigenvalue weighted by Gasteiger charge is -2.34. The molecule has 1 aliphatic rings. The lowest BCUT2D eigenvalue weighted by atomic mass is 9.92. The highest BCUT2D eigenvalue weighted by Gasteiger charge is 2.25. The Balaban J connectivity index is 1.69. The summed E-state index contributed by atoms with van der Waals surface area (Å²) in [6.45, 7) is 7.80. The molecule has 2 aromatic heterocycles. The molecule has 1 fully saturated rings. The summed E-state index contributed by atoms with van der Waals surface area (Å²) >= 11 is 0. The minimum Gasteiger partial charge on any atom is -0.317 e. The van der Waals surface area contributed by atoms with Crippen LogP contribution in [0.2, 0.25) is 0 Å². The van der Waals surface area contributed by atoms with Gasteiger partial charge in [-0.05, 0) is 34.6 Å². The number of nitrogens with zero attached hydrogens (tertiary/aromatic N) is 5. The minimum absolute atomic E-state index is 0.299. The van der Waals surface area contributed by atoms with Gasteiger partial charge in [-0.3, -0.25) is 18.8 Å². The van der Waals surface area contributed by atoms with Crippen molar-refractivity contribution in [1.82, 2.24) is 23.6 Å². The Morgan fingerprint density at radius 3 is 2.36 bits per heavy atom. The predicted octanol–water partition coefficient (Wildman–Crippen LogP) is 3.11. The van der Waals surface area contributed by atoms with Crippen LogP contribution in [-0.2, 0) is 27.2 Å². The van der Waals surface area contributed by atoms with Crippen molar-refractivity contribution >= 4 is 21.9 Å². The van der Waals surface area contributed by atoms with Crippen molar-refractivity contribution in [1.29, 1.82) is 0 Å². The molecule has 172 valence electrons. The van der Waals surface area contributed by atoms with Crippen LogP contribution < -0.4 is 11.2 Å². The van der Waals surface area contributed by atoms with Crippen molar-refractivity contribution in [3.05, 3.63) is 74.7 Å². The first-order valence-corrected chi connectivity index (χ1v) is 11.7. The fourth-order valence-corrected chi connectivity index (χ4v) is 5.50. The number of benzene rings is 2. The lowest BCUT2D eigenvalue weighted by Crippen LogP contribution is -2.39. The summed E-state index contributed by atoms with van der Waals surface area (Å²) in [6, 6.07) is 14.6. The number of aryl methyl sites for hydroxylation is 1. The summed E-state index contributed by atoms with van der Waals surface area (Å²) in [5.74, 6) is 2.08. The molecular weight excluding hydrogens is 414 g/mol. The van der Waals surface area contributed by atoms with Gasteiger partial charge < -0.3 is 4.57 Å². The molecule has 0 bridgehead atoms. The molecule has 0 N–H and O–H groups in total. The monoisotopic (exact) mass is 445 g/mol. The number of aromatic nitrogens is 4. The number of rotatable bonds is 4. The summed E-state index contributed by atoms with van der Waals surface area (Å²) in [5, 5.41) is 2.33. The van der Waals surface area contributed by atoms with Gasteiger partial charge in [0.2, 0.25) is 0 Å². The van der Waals surface area contributed by atoms with Crippen molar-refractivity contribution in [2.24, 2.45) is 25.9 Å². The van der Waals surface area contributed by atoms with Gasteiger partial charge in [0.05, 0.1) is 13.1 Å². The van der Waals surface area contributed by atoms with Crippen LogP contribution in [0, 0.1) is 11.8 Å². The summed E-state index contributed by atoms with van der Waals surface area (Å²) in [6.07, 6.45) is 1.23. The SMILES string of the molecule is C[C@H]1C[C@H](C)CN(Cc2nc3c(c(=O)n(C)c(=O)n3C)n2Cc2cccc3ccccc23)C1. The topological polar surface area (TPSA) is 65.1 Å². The molecular formula is C26H31N5O2. The first-order valence-electron chi connectivity index (χ1n) is 11.7. The Kier molecular flexibility index (Phi) is 5.44. The number of hydrogen-bond donors (Lipinski definition) is 0. The van der Waals surface area contributed by atoms with Gasteiger partial charge in [0.15, 0.2) is 11.2 Å². The Labute approximate surface area is 192 Å². The van der Waals surface area contributed by atoms with Gasteiger partial charge in [-0.1, -0.05) is 56.3 Å². The molecule has 1 saturated heterocycles. The Hall–Kier alpha value is -3.19. The molecule has 7 heteroatoms. The van der Waals surface area contributed by atoms with Crippen LogP contribution in [0.5, 0.6) is 0 Å².